The summed E-state index contributed by atoms with van der Waals surface area (Å²) in [6.07, 6.45) is -0.135. The monoisotopic (exact) mass is 228 g/mol. The van der Waals surface area contributed by atoms with Crippen molar-refractivity contribution in [3.05, 3.63) is 29.8 Å². The Hall–Kier alpha value is -2.35. The summed E-state index contributed by atoms with van der Waals surface area (Å²) in [5.74, 6) is 0.548. The van der Waals surface area contributed by atoms with E-state index in [-0.39, 0.29) is 12.3 Å². The van der Waals surface area contributed by atoms with E-state index in [1.54, 1.807) is 6.07 Å². The molecule has 0 saturated carbocycles. The molecule has 0 aliphatic carbocycles. The highest BCUT2D eigenvalue weighted by Crippen LogP contribution is 2.12. The van der Waals surface area contributed by atoms with Gasteiger partial charge in [-0.25, -0.2) is 0 Å². The third-order valence-corrected chi connectivity index (χ3v) is 2.33. The van der Waals surface area contributed by atoms with Crippen molar-refractivity contribution < 1.29 is 4.79 Å². The van der Waals surface area contributed by atoms with Gasteiger partial charge in [0.2, 0.25) is 5.91 Å². The normalized spacial score (nSPS) is 13.5. The lowest BCUT2D eigenvalue weighted by atomic mass is 10.2. The van der Waals surface area contributed by atoms with Gasteiger partial charge < -0.3 is 10.6 Å². The Labute approximate surface area is 99.2 Å². The number of hydrogen-bond donors (Lipinski definition) is 2. The Morgan fingerprint density at radius 2 is 2.47 bits per heavy atom. The molecule has 17 heavy (non-hydrogen) atoms. The van der Waals surface area contributed by atoms with Gasteiger partial charge in [0.1, 0.15) is 12.3 Å². The first-order valence-corrected chi connectivity index (χ1v) is 5.35. The highest BCUT2D eigenvalue weighted by Gasteiger charge is 2.08. The lowest BCUT2D eigenvalue weighted by molar-refractivity contribution is -0.115. The van der Waals surface area contributed by atoms with Crippen LogP contribution in [0.4, 0.5) is 5.69 Å². The number of carbonyl (C=O) groups excluding carboxylic acids is 1. The molecule has 0 radical (unpaired) electrons. The molecule has 0 atom stereocenters. The summed E-state index contributed by atoms with van der Waals surface area (Å²) in [7, 11) is 0. The summed E-state index contributed by atoms with van der Waals surface area (Å²) in [6.45, 7) is 1.63. The molecule has 2 N–H and O–H groups in total. The van der Waals surface area contributed by atoms with Gasteiger partial charge in [0.15, 0.2) is 0 Å². The van der Waals surface area contributed by atoms with Gasteiger partial charge in [0.05, 0.1) is 12.6 Å². The second-order valence-electron chi connectivity index (χ2n) is 3.62. The van der Waals surface area contributed by atoms with E-state index in [9.17, 15) is 4.79 Å². The average molecular weight is 228 g/mol. The molecular formula is C12H12N4O. The van der Waals surface area contributed by atoms with Gasteiger partial charge in [-0.3, -0.25) is 9.79 Å². The third kappa shape index (κ3) is 2.82. The Balaban J connectivity index is 2.12. The number of nitriles is 1. The first-order valence-electron chi connectivity index (χ1n) is 5.35. The van der Waals surface area contributed by atoms with Crippen LogP contribution in [0.5, 0.6) is 0 Å². The van der Waals surface area contributed by atoms with E-state index in [0.29, 0.717) is 5.69 Å². The molecule has 1 aromatic rings. The molecule has 1 heterocycles. The number of nitrogens with one attached hydrogen (secondary N) is 2. The maximum absolute atomic E-state index is 11.3. The van der Waals surface area contributed by atoms with E-state index >= 15 is 0 Å². The molecule has 1 aromatic carbocycles. The molecule has 0 aromatic heterocycles. The summed E-state index contributed by atoms with van der Waals surface area (Å²) >= 11 is 0. The van der Waals surface area contributed by atoms with Crippen molar-refractivity contribution in [3.8, 4) is 6.07 Å². The predicted molar refractivity (Wildman–Crippen MR) is 64.7 cm³/mol. The van der Waals surface area contributed by atoms with E-state index in [1.165, 1.54) is 0 Å². The third-order valence-electron chi connectivity index (χ3n) is 2.33. The number of aliphatic imine (C=N–C) groups is 1. The van der Waals surface area contributed by atoms with Crippen LogP contribution in [-0.4, -0.2) is 24.8 Å². The molecular weight excluding hydrogens is 216 g/mol. The predicted octanol–water partition coefficient (Wildman–Crippen LogP) is 0.889. The average Bonchev–Trinajstić information content (AvgIpc) is 2.83. The summed E-state index contributed by atoms with van der Waals surface area (Å²) in [4.78, 5) is 15.6. The van der Waals surface area contributed by atoms with Gasteiger partial charge in [0, 0.05) is 17.8 Å². The van der Waals surface area contributed by atoms with Crippen LogP contribution in [-0.2, 0) is 4.79 Å². The van der Waals surface area contributed by atoms with Gasteiger partial charge >= 0.3 is 0 Å². The number of amides is 1. The molecule has 0 fully saturated rings. The van der Waals surface area contributed by atoms with E-state index in [1.807, 2.05) is 24.3 Å². The van der Waals surface area contributed by atoms with Gasteiger partial charge in [0.25, 0.3) is 0 Å². The van der Waals surface area contributed by atoms with Gasteiger partial charge in [-0.05, 0) is 12.1 Å². The van der Waals surface area contributed by atoms with E-state index in [2.05, 4.69) is 15.6 Å². The van der Waals surface area contributed by atoms with Crippen molar-refractivity contribution >= 4 is 17.4 Å². The second-order valence-corrected chi connectivity index (χ2v) is 3.62. The van der Waals surface area contributed by atoms with E-state index < -0.39 is 0 Å². The minimum absolute atomic E-state index is 0.135. The number of hydrogen-bond acceptors (Lipinski definition) is 4. The van der Waals surface area contributed by atoms with Crippen molar-refractivity contribution in [2.24, 2.45) is 4.99 Å². The van der Waals surface area contributed by atoms with E-state index in [4.69, 9.17) is 5.26 Å². The number of nitrogens with zero attached hydrogens (tertiary/aromatic N) is 2. The zero-order valence-corrected chi connectivity index (χ0v) is 9.23. The molecule has 1 amide bonds. The molecule has 0 spiro atoms. The van der Waals surface area contributed by atoms with Crippen LogP contribution in [0.15, 0.2) is 29.3 Å². The molecule has 1 aliphatic heterocycles. The fourth-order valence-electron chi connectivity index (χ4n) is 1.61. The summed E-state index contributed by atoms with van der Waals surface area (Å²) in [6, 6.07) is 9.21. The Morgan fingerprint density at radius 3 is 3.18 bits per heavy atom. The van der Waals surface area contributed by atoms with Crippen molar-refractivity contribution in [2.75, 3.05) is 18.4 Å². The maximum Gasteiger partial charge on any atom is 0.238 e. The quantitative estimate of drug-likeness (QED) is 0.806. The molecule has 5 nitrogen and oxygen atoms in total. The van der Waals surface area contributed by atoms with Crippen LogP contribution in [0.25, 0.3) is 0 Å². The first kappa shape index (κ1) is 11.1. The fraction of sp³-hybridized carbons (Fsp3) is 0.250. The Morgan fingerprint density at radius 1 is 1.59 bits per heavy atom. The molecule has 2 rings (SSSR count). The molecule has 5 heteroatoms. The Bertz CT molecular complexity index is 501. The smallest absolute Gasteiger partial charge is 0.238 e. The van der Waals surface area contributed by atoms with Crippen molar-refractivity contribution in [3.63, 3.8) is 0 Å². The molecule has 0 unspecified atom stereocenters. The minimum atomic E-state index is -0.300. The van der Waals surface area contributed by atoms with Gasteiger partial charge in [-0.2, -0.15) is 5.26 Å². The van der Waals surface area contributed by atoms with Crippen molar-refractivity contribution in [1.82, 2.24) is 5.32 Å². The highest BCUT2D eigenvalue weighted by atomic mass is 16.1. The molecule has 0 bridgehead atoms. The Kier molecular flexibility index (Phi) is 3.36. The van der Waals surface area contributed by atoms with Crippen LogP contribution in [0.2, 0.25) is 0 Å². The SMILES string of the molecule is N#CCC(=O)Nc1cccc(C2=NCCN2)c1. The molecule has 1 aliphatic rings. The largest absolute Gasteiger partial charge is 0.368 e. The molecule has 86 valence electrons. The topological polar surface area (TPSA) is 77.3 Å². The highest BCUT2D eigenvalue weighted by molar-refractivity contribution is 6.01. The fourth-order valence-corrected chi connectivity index (χ4v) is 1.61. The lowest BCUT2D eigenvalue weighted by Crippen LogP contribution is -2.19. The molecule has 0 saturated heterocycles. The van der Waals surface area contributed by atoms with Crippen LogP contribution in [0.1, 0.15) is 12.0 Å². The zero-order chi connectivity index (χ0) is 12.1. The zero-order valence-electron chi connectivity index (χ0n) is 9.23. The van der Waals surface area contributed by atoms with Crippen molar-refractivity contribution in [2.45, 2.75) is 6.42 Å². The van der Waals surface area contributed by atoms with E-state index in [0.717, 1.165) is 24.5 Å². The van der Waals surface area contributed by atoms with Crippen LogP contribution >= 0.6 is 0 Å². The standard InChI is InChI=1S/C12H12N4O/c13-5-4-11(17)16-10-3-1-2-9(8-10)12-14-6-7-15-12/h1-3,8H,4,6-7H2,(H,14,15)(H,16,17). The summed E-state index contributed by atoms with van der Waals surface area (Å²) in [5.41, 5.74) is 1.62. The van der Waals surface area contributed by atoms with Crippen molar-refractivity contribution in [1.29, 1.82) is 5.26 Å². The minimum Gasteiger partial charge on any atom is -0.368 e. The first-order chi connectivity index (χ1) is 8.29. The number of carbonyl (C=O) groups is 1. The van der Waals surface area contributed by atoms with Gasteiger partial charge in [-0.15, -0.1) is 0 Å². The number of anilines is 1. The van der Waals surface area contributed by atoms with Crippen LogP contribution in [0.3, 0.4) is 0 Å². The number of benzene rings is 1. The second kappa shape index (κ2) is 5.12. The van der Waals surface area contributed by atoms with Crippen LogP contribution < -0.4 is 10.6 Å². The number of rotatable bonds is 3. The van der Waals surface area contributed by atoms with Gasteiger partial charge in [-0.1, -0.05) is 12.1 Å². The lowest BCUT2D eigenvalue weighted by Gasteiger charge is -2.06. The number of amidine groups is 1. The van der Waals surface area contributed by atoms with Crippen LogP contribution in [0, 0.1) is 11.3 Å². The maximum atomic E-state index is 11.3. The summed E-state index contributed by atoms with van der Waals surface area (Å²) < 4.78 is 0. The summed E-state index contributed by atoms with van der Waals surface area (Å²) in [5, 5.41) is 14.2.